The number of hydrogen-bond donors (Lipinski definition) is 1. The fraction of sp³-hybridized carbons (Fsp3) is 0.200. The van der Waals surface area contributed by atoms with Crippen molar-refractivity contribution in [3.05, 3.63) is 40.4 Å². The van der Waals surface area contributed by atoms with Crippen LogP contribution in [0.1, 0.15) is 11.1 Å². The average molecular weight is 291 g/mol. The smallest absolute Gasteiger partial charge is 0.282 e. The lowest BCUT2D eigenvalue weighted by Gasteiger charge is -2.07. The Bertz CT molecular complexity index is 492. The zero-order chi connectivity index (χ0) is 11.6. The molecular formula is C10H11BrO3S. The molecule has 0 aliphatic rings. The second-order valence-corrected chi connectivity index (χ2v) is 5.43. The van der Waals surface area contributed by atoms with Crippen LogP contribution in [0.2, 0.25) is 0 Å². The molecule has 0 fully saturated rings. The first-order valence-corrected chi connectivity index (χ1v) is 6.47. The first-order chi connectivity index (χ1) is 6.86. The van der Waals surface area contributed by atoms with Crippen molar-refractivity contribution in [2.45, 2.75) is 18.2 Å². The molecule has 0 atom stereocenters. The van der Waals surface area contributed by atoms with Gasteiger partial charge in [-0.3, -0.25) is 4.55 Å². The predicted molar refractivity (Wildman–Crippen MR) is 62.6 cm³/mol. The van der Waals surface area contributed by atoms with Crippen molar-refractivity contribution in [1.29, 1.82) is 0 Å². The van der Waals surface area contributed by atoms with Crippen LogP contribution in [0.5, 0.6) is 0 Å². The minimum absolute atomic E-state index is 0.100. The van der Waals surface area contributed by atoms with Gasteiger partial charge in [-0.2, -0.15) is 8.42 Å². The van der Waals surface area contributed by atoms with Crippen LogP contribution in [-0.4, -0.2) is 13.0 Å². The zero-order valence-corrected chi connectivity index (χ0v) is 10.6. The van der Waals surface area contributed by atoms with Gasteiger partial charge in [0.05, 0.1) is 4.90 Å². The van der Waals surface area contributed by atoms with Gasteiger partial charge in [-0.1, -0.05) is 22.0 Å². The van der Waals surface area contributed by atoms with Crippen molar-refractivity contribution in [3.8, 4) is 0 Å². The molecule has 0 aliphatic carbocycles. The summed E-state index contributed by atoms with van der Waals surface area (Å²) in [5, 5.41) is 0. The molecule has 0 radical (unpaired) electrons. The average Bonchev–Trinajstić information content (AvgIpc) is 2.11. The molecule has 0 bridgehead atoms. The fourth-order valence-electron chi connectivity index (χ4n) is 1.22. The van der Waals surface area contributed by atoms with Gasteiger partial charge in [-0.25, -0.2) is 0 Å². The molecular weight excluding hydrogens is 280 g/mol. The first-order valence-electron chi connectivity index (χ1n) is 4.23. The molecule has 15 heavy (non-hydrogen) atoms. The van der Waals surface area contributed by atoms with Gasteiger partial charge in [0.15, 0.2) is 0 Å². The number of benzene rings is 1. The molecule has 0 saturated heterocycles. The number of allylic oxidation sites excluding steroid dienone is 1. The van der Waals surface area contributed by atoms with Crippen LogP contribution in [0, 0.1) is 6.92 Å². The standard InChI is InChI=1S/C10H11BrO3S/c1-3-4-8-5-9(15(12,13)14)6-10(11)7(8)2/h3,5-6H,1,4H2,2H3,(H,12,13,14). The molecule has 0 aliphatic heterocycles. The maximum atomic E-state index is 11.0. The third-order valence-corrected chi connectivity index (χ3v) is 3.74. The molecule has 0 aromatic heterocycles. The Morgan fingerprint density at radius 2 is 2.13 bits per heavy atom. The molecule has 1 rings (SSSR count). The third-order valence-electron chi connectivity index (χ3n) is 2.09. The van der Waals surface area contributed by atoms with E-state index in [0.717, 1.165) is 11.1 Å². The molecule has 0 amide bonds. The normalized spacial score (nSPS) is 11.4. The molecule has 82 valence electrons. The summed E-state index contributed by atoms with van der Waals surface area (Å²) in [4.78, 5) is -0.100. The summed E-state index contributed by atoms with van der Waals surface area (Å²) in [5.74, 6) is 0. The van der Waals surface area contributed by atoms with Crippen LogP contribution in [0.15, 0.2) is 34.2 Å². The number of halogens is 1. The monoisotopic (exact) mass is 290 g/mol. The largest absolute Gasteiger partial charge is 0.294 e. The summed E-state index contributed by atoms with van der Waals surface area (Å²) < 4.78 is 31.5. The van der Waals surface area contributed by atoms with Crippen LogP contribution in [0.25, 0.3) is 0 Å². The lowest BCUT2D eigenvalue weighted by atomic mass is 10.1. The van der Waals surface area contributed by atoms with Crippen LogP contribution < -0.4 is 0 Å². The molecule has 1 N–H and O–H groups in total. The maximum Gasteiger partial charge on any atom is 0.294 e. The van der Waals surface area contributed by atoms with E-state index in [1.807, 2.05) is 6.92 Å². The molecule has 0 unspecified atom stereocenters. The van der Waals surface area contributed by atoms with Crippen LogP contribution >= 0.6 is 15.9 Å². The summed E-state index contributed by atoms with van der Waals surface area (Å²) in [6, 6.07) is 2.84. The highest BCUT2D eigenvalue weighted by atomic mass is 79.9. The molecule has 0 saturated carbocycles. The number of rotatable bonds is 3. The van der Waals surface area contributed by atoms with Crippen LogP contribution in [0.4, 0.5) is 0 Å². The summed E-state index contributed by atoms with van der Waals surface area (Å²) >= 11 is 3.25. The molecule has 0 heterocycles. The second-order valence-electron chi connectivity index (χ2n) is 3.16. The van der Waals surface area contributed by atoms with Gasteiger partial charge in [0.25, 0.3) is 10.1 Å². The van der Waals surface area contributed by atoms with Crippen molar-refractivity contribution >= 4 is 26.0 Å². The Hall–Kier alpha value is -0.650. The topological polar surface area (TPSA) is 54.4 Å². The lowest BCUT2D eigenvalue weighted by molar-refractivity contribution is 0.483. The van der Waals surface area contributed by atoms with E-state index in [9.17, 15) is 8.42 Å². The summed E-state index contributed by atoms with van der Waals surface area (Å²) in [7, 11) is -4.15. The van der Waals surface area contributed by atoms with Gasteiger partial charge in [-0.15, -0.1) is 6.58 Å². The van der Waals surface area contributed by atoms with Gasteiger partial charge < -0.3 is 0 Å². The third kappa shape index (κ3) is 2.90. The minimum Gasteiger partial charge on any atom is -0.282 e. The van der Waals surface area contributed by atoms with Gasteiger partial charge in [0, 0.05) is 4.47 Å². The van der Waals surface area contributed by atoms with E-state index in [2.05, 4.69) is 22.5 Å². The quantitative estimate of drug-likeness (QED) is 0.688. The van der Waals surface area contributed by atoms with Gasteiger partial charge in [0.2, 0.25) is 0 Å². The van der Waals surface area contributed by atoms with Crippen LogP contribution in [-0.2, 0) is 16.5 Å². The Morgan fingerprint density at radius 3 is 2.60 bits per heavy atom. The minimum atomic E-state index is -4.15. The van der Waals surface area contributed by atoms with Crippen molar-refractivity contribution in [2.24, 2.45) is 0 Å². The zero-order valence-electron chi connectivity index (χ0n) is 8.20. The molecule has 5 heteroatoms. The molecule has 3 nitrogen and oxygen atoms in total. The summed E-state index contributed by atoms with van der Waals surface area (Å²) in [6.45, 7) is 5.46. The second kappa shape index (κ2) is 4.47. The van der Waals surface area contributed by atoms with Gasteiger partial charge in [0.1, 0.15) is 0 Å². The Balaban J connectivity index is 3.42. The van der Waals surface area contributed by atoms with Gasteiger partial charge >= 0.3 is 0 Å². The van der Waals surface area contributed by atoms with Gasteiger partial charge in [-0.05, 0) is 36.6 Å². The van der Waals surface area contributed by atoms with E-state index < -0.39 is 10.1 Å². The van der Waals surface area contributed by atoms with E-state index >= 15 is 0 Å². The lowest BCUT2D eigenvalue weighted by Crippen LogP contribution is -2.01. The molecule has 0 spiro atoms. The van der Waals surface area contributed by atoms with Crippen molar-refractivity contribution in [3.63, 3.8) is 0 Å². The van der Waals surface area contributed by atoms with E-state index in [0.29, 0.717) is 10.9 Å². The van der Waals surface area contributed by atoms with E-state index in [1.165, 1.54) is 12.1 Å². The maximum absolute atomic E-state index is 11.0. The van der Waals surface area contributed by atoms with E-state index in [1.54, 1.807) is 6.08 Å². The Morgan fingerprint density at radius 1 is 1.53 bits per heavy atom. The SMILES string of the molecule is C=CCc1cc(S(=O)(=O)O)cc(Br)c1C. The summed E-state index contributed by atoms with van der Waals surface area (Å²) in [6.07, 6.45) is 2.25. The van der Waals surface area contributed by atoms with Crippen molar-refractivity contribution in [2.75, 3.05) is 0 Å². The highest BCUT2D eigenvalue weighted by Gasteiger charge is 2.13. The highest BCUT2D eigenvalue weighted by molar-refractivity contribution is 9.10. The number of hydrogen-bond acceptors (Lipinski definition) is 2. The highest BCUT2D eigenvalue weighted by Crippen LogP contribution is 2.25. The van der Waals surface area contributed by atoms with E-state index in [4.69, 9.17) is 4.55 Å². The first kappa shape index (κ1) is 12.4. The Labute approximate surface area is 97.7 Å². The molecule has 1 aromatic carbocycles. The van der Waals surface area contributed by atoms with Crippen molar-refractivity contribution < 1.29 is 13.0 Å². The Kier molecular flexibility index (Phi) is 3.70. The van der Waals surface area contributed by atoms with Crippen molar-refractivity contribution in [1.82, 2.24) is 0 Å². The van der Waals surface area contributed by atoms with Crippen LogP contribution in [0.3, 0.4) is 0 Å². The van der Waals surface area contributed by atoms with E-state index in [-0.39, 0.29) is 4.90 Å². The summed E-state index contributed by atoms with van der Waals surface area (Å²) in [5.41, 5.74) is 1.77. The fourth-order valence-corrected chi connectivity index (χ4v) is 2.44. The predicted octanol–water partition coefficient (Wildman–Crippen LogP) is 2.73. The molecule has 1 aromatic rings.